The van der Waals surface area contributed by atoms with E-state index in [1.165, 1.54) is 17.5 Å². The smallest absolute Gasteiger partial charge is 0.252 e. The zero-order chi connectivity index (χ0) is 21.8. The number of nitrogens with one attached hydrogen (secondary N) is 2. The van der Waals surface area contributed by atoms with Gasteiger partial charge in [0, 0.05) is 40.5 Å². The molecule has 2 amide bonds. The van der Waals surface area contributed by atoms with Gasteiger partial charge < -0.3 is 21.1 Å². The zero-order valence-electron chi connectivity index (χ0n) is 16.6. The lowest BCUT2D eigenvalue weighted by molar-refractivity contribution is 0.0950. The predicted molar refractivity (Wildman–Crippen MR) is 120 cm³/mol. The number of hydrogen-bond donors (Lipinski definition) is 3. The summed E-state index contributed by atoms with van der Waals surface area (Å²) in [6.07, 6.45) is 3.12. The van der Waals surface area contributed by atoms with Crippen LogP contribution in [0.1, 0.15) is 25.7 Å². The van der Waals surface area contributed by atoms with Gasteiger partial charge in [0.1, 0.15) is 10.8 Å². The summed E-state index contributed by atoms with van der Waals surface area (Å²) in [6.45, 7) is 0.336. The summed E-state index contributed by atoms with van der Waals surface area (Å²) in [5, 5.41) is 9.34. The van der Waals surface area contributed by atoms with Crippen molar-refractivity contribution < 1.29 is 14.3 Å². The van der Waals surface area contributed by atoms with Crippen molar-refractivity contribution in [2.45, 2.75) is 6.54 Å². The molecule has 0 unspecified atom stereocenters. The van der Waals surface area contributed by atoms with E-state index in [9.17, 15) is 9.59 Å². The van der Waals surface area contributed by atoms with Crippen LogP contribution in [0.3, 0.4) is 0 Å². The van der Waals surface area contributed by atoms with E-state index in [-0.39, 0.29) is 11.5 Å². The molecular weight excluding hydrogens is 414 g/mol. The highest BCUT2D eigenvalue weighted by Crippen LogP contribution is 2.31. The molecule has 0 fully saturated rings. The Balaban J connectivity index is 1.72. The summed E-state index contributed by atoms with van der Waals surface area (Å²) in [6, 6.07) is 12.4. The summed E-state index contributed by atoms with van der Waals surface area (Å²) in [4.78, 5) is 33.2. The Bertz CT molecular complexity index is 1260. The Kier molecular flexibility index (Phi) is 5.76. The van der Waals surface area contributed by atoms with Crippen molar-refractivity contribution in [2.24, 2.45) is 5.73 Å². The van der Waals surface area contributed by atoms with Crippen LogP contribution < -0.4 is 21.1 Å². The van der Waals surface area contributed by atoms with Gasteiger partial charge in [0.15, 0.2) is 0 Å². The minimum Gasteiger partial charge on any atom is -0.497 e. The lowest BCUT2D eigenvalue weighted by atomic mass is 10.0. The van der Waals surface area contributed by atoms with Crippen LogP contribution in [-0.2, 0) is 6.54 Å². The lowest BCUT2D eigenvalue weighted by Crippen LogP contribution is -2.22. The molecule has 31 heavy (non-hydrogen) atoms. The lowest BCUT2D eigenvalue weighted by Gasteiger charge is -2.14. The van der Waals surface area contributed by atoms with E-state index >= 15 is 0 Å². The van der Waals surface area contributed by atoms with Gasteiger partial charge in [-0.2, -0.15) is 0 Å². The van der Waals surface area contributed by atoms with Gasteiger partial charge in [-0.15, -0.1) is 11.3 Å². The van der Waals surface area contributed by atoms with Crippen molar-refractivity contribution in [3.05, 3.63) is 76.4 Å². The Hall–Kier alpha value is -3.98. The summed E-state index contributed by atoms with van der Waals surface area (Å²) < 4.78 is 5.26. The highest BCUT2D eigenvalue weighted by atomic mass is 32.1. The van der Waals surface area contributed by atoms with Crippen molar-refractivity contribution in [2.75, 3.05) is 12.4 Å². The SMILES string of the molecule is COc1cccc(Nc2c(C(N)=O)cnc3ccc(C(=O)NCc4nccs4)cc23)c1. The maximum Gasteiger partial charge on any atom is 0.252 e. The number of nitrogens with zero attached hydrogens (tertiary/aromatic N) is 2. The first-order valence-corrected chi connectivity index (χ1v) is 10.2. The third-order valence-electron chi connectivity index (χ3n) is 4.62. The highest BCUT2D eigenvalue weighted by Gasteiger charge is 2.16. The molecule has 156 valence electrons. The molecule has 2 aromatic carbocycles. The molecule has 4 aromatic rings. The van der Waals surface area contributed by atoms with Crippen molar-refractivity contribution in [1.29, 1.82) is 0 Å². The van der Waals surface area contributed by atoms with Gasteiger partial charge in [-0.3, -0.25) is 14.6 Å². The van der Waals surface area contributed by atoms with Crippen molar-refractivity contribution in [3.8, 4) is 5.75 Å². The molecule has 0 radical (unpaired) electrons. The molecule has 2 heterocycles. The number of methoxy groups -OCH3 is 1. The van der Waals surface area contributed by atoms with Gasteiger partial charge in [-0.25, -0.2) is 4.98 Å². The number of hydrogen-bond acceptors (Lipinski definition) is 7. The second-order valence-electron chi connectivity index (χ2n) is 6.61. The molecule has 4 rings (SSSR count). The first-order chi connectivity index (χ1) is 15.0. The fourth-order valence-electron chi connectivity index (χ4n) is 3.10. The van der Waals surface area contributed by atoms with Crippen LogP contribution in [0.4, 0.5) is 11.4 Å². The largest absolute Gasteiger partial charge is 0.497 e. The van der Waals surface area contributed by atoms with E-state index in [0.29, 0.717) is 40.1 Å². The van der Waals surface area contributed by atoms with E-state index in [4.69, 9.17) is 10.5 Å². The van der Waals surface area contributed by atoms with Gasteiger partial charge in [-0.1, -0.05) is 6.07 Å². The molecule has 0 aliphatic heterocycles. The Morgan fingerprint density at radius 2 is 2.03 bits per heavy atom. The number of anilines is 2. The fraction of sp³-hybridized carbons (Fsp3) is 0.0909. The summed E-state index contributed by atoms with van der Waals surface area (Å²) in [5.74, 6) is -0.224. The second-order valence-corrected chi connectivity index (χ2v) is 7.59. The number of carbonyl (C=O) groups excluding carboxylic acids is 2. The van der Waals surface area contributed by atoms with Crippen LogP contribution in [0, 0.1) is 0 Å². The van der Waals surface area contributed by atoms with Crippen LogP contribution >= 0.6 is 11.3 Å². The van der Waals surface area contributed by atoms with Gasteiger partial charge in [-0.05, 0) is 30.3 Å². The molecule has 9 heteroatoms. The van der Waals surface area contributed by atoms with E-state index in [1.54, 1.807) is 37.6 Å². The number of ether oxygens (including phenoxy) is 1. The van der Waals surface area contributed by atoms with Gasteiger partial charge in [0.2, 0.25) is 0 Å². The number of aromatic nitrogens is 2. The minimum atomic E-state index is -0.626. The highest BCUT2D eigenvalue weighted by molar-refractivity contribution is 7.09. The predicted octanol–water partition coefficient (Wildman–Crippen LogP) is 3.47. The molecule has 0 bridgehead atoms. The van der Waals surface area contributed by atoms with Crippen molar-refractivity contribution in [1.82, 2.24) is 15.3 Å². The number of benzene rings is 2. The minimum absolute atomic E-state index is 0.218. The van der Waals surface area contributed by atoms with Crippen LogP contribution in [0.25, 0.3) is 10.9 Å². The molecule has 0 aliphatic rings. The van der Waals surface area contributed by atoms with Gasteiger partial charge in [0.05, 0.1) is 30.4 Å². The van der Waals surface area contributed by atoms with E-state index in [2.05, 4.69) is 20.6 Å². The maximum absolute atomic E-state index is 12.7. The summed E-state index contributed by atoms with van der Waals surface area (Å²) >= 11 is 1.47. The number of thiazole rings is 1. The maximum atomic E-state index is 12.7. The van der Waals surface area contributed by atoms with Crippen molar-refractivity contribution in [3.63, 3.8) is 0 Å². The molecule has 2 aromatic heterocycles. The number of nitrogens with two attached hydrogens (primary N) is 1. The number of primary amides is 1. The van der Waals surface area contributed by atoms with Crippen LogP contribution in [-0.4, -0.2) is 28.9 Å². The average Bonchev–Trinajstić information content (AvgIpc) is 3.31. The monoisotopic (exact) mass is 433 g/mol. The number of pyridine rings is 1. The average molecular weight is 433 g/mol. The molecule has 0 atom stereocenters. The van der Waals surface area contributed by atoms with Gasteiger partial charge in [0.25, 0.3) is 11.8 Å². The topological polar surface area (TPSA) is 119 Å². The molecule has 0 saturated carbocycles. The number of rotatable bonds is 7. The first kappa shape index (κ1) is 20.3. The van der Waals surface area contributed by atoms with E-state index in [0.717, 1.165) is 5.01 Å². The molecule has 0 aliphatic carbocycles. The standard InChI is InChI=1S/C22H19N5O3S/c1-30-15-4-2-3-14(10-15)27-20-16-9-13(22(29)26-12-19-24-7-8-31-19)5-6-18(16)25-11-17(20)21(23)28/h2-11H,12H2,1H3,(H2,23,28)(H,25,27)(H,26,29). The van der Waals surface area contributed by atoms with E-state index in [1.807, 2.05) is 23.6 Å². The molecule has 0 spiro atoms. The third kappa shape index (κ3) is 4.46. The third-order valence-corrected chi connectivity index (χ3v) is 5.40. The molecule has 0 saturated heterocycles. The normalized spacial score (nSPS) is 10.6. The summed E-state index contributed by atoms with van der Waals surface area (Å²) in [5.41, 5.74) is 8.03. The summed E-state index contributed by atoms with van der Waals surface area (Å²) in [7, 11) is 1.58. The van der Waals surface area contributed by atoms with Crippen LogP contribution in [0.2, 0.25) is 0 Å². The molecule has 4 N–H and O–H groups in total. The molecule has 8 nitrogen and oxygen atoms in total. The first-order valence-electron chi connectivity index (χ1n) is 9.35. The Morgan fingerprint density at radius 3 is 2.77 bits per heavy atom. The number of carbonyl (C=O) groups is 2. The number of fused-ring (bicyclic) bond motifs is 1. The quantitative estimate of drug-likeness (QED) is 0.411. The number of amides is 2. The second kappa shape index (κ2) is 8.80. The van der Waals surface area contributed by atoms with Gasteiger partial charge >= 0.3 is 0 Å². The van der Waals surface area contributed by atoms with Crippen LogP contribution in [0.15, 0.2) is 60.2 Å². The zero-order valence-corrected chi connectivity index (χ0v) is 17.4. The Labute approximate surface area is 182 Å². The van der Waals surface area contributed by atoms with Crippen molar-refractivity contribution >= 4 is 45.4 Å². The van der Waals surface area contributed by atoms with Crippen LogP contribution in [0.5, 0.6) is 5.75 Å². The Morgan fingerprint density at radius 1 is 1.16 bits per heavy atom. The molecular formula is C22H19N5O3S. The van der Waals surface area contributed by atoms with E-state index < -0.39 is 5.91 Å². The fourth-order valence-corrected chi connectivity index (χ4v) is 3.65.